The number of benzene rings is 2. The van der Waals surface area contributed by atoms with Gasteiger partial charge in [0.25, 0.3) is 0 Å². The normalized spacial score (nSPS) is 13.6. The number of ether oxygens (including phenoxy) is 1. The number of aryl methyl sites for hydroxylation is 1. The Morgan fingerprint density at radius 1 is 1.16 bits per heavy atom. The molecule has 1 aromatic heterocycles. The fourth-order valence-electron chi connectivity index (χ4n) is 3.42. The Hall–Kier alpha value is -2.82. The van der Waals surface area contributed by atoms with Crippen molar-refractivity contribution in [2.24, 2.45) is 0 Å². The van der Waals surface area contributed by atoms with E-state index in [0.29, 0.717) is 5.95 Å². The molecule has 5 nitrogen and oxygen atoms in total. The number of hydrogen-bond acceptors (Lipinski definition) is 5. The lowest BCUT2D eigenvalue weighted by molar-refractivity contribution is 0.414. The molecule has 1 N–H and O–H groups in total. The number of nitrogens with zero attached hydrogens (tertiary/aromatic N) is 3. The van der Waals surface area contributed by atoms with Gasteiger partial charge in [0.15, 0.2) is 0 Å². The molecule has 0 spiro atoms. The van der Waals surface area contributed by atoms with Crippen LogP contribution in [0.15, 0.2) is 42.5 Å². The summed E-state index contributed by atoms with van der Waals surface area (Å²) in [5.74, 6) is 2.55. The van der Waals surface area contributed by atoms with E-state index in [1.165, 1.54) is 11.3 Å². The molecule has 0 aliphatic carbocycles. The molecule has 0 fully saturated rings. The number of aromatic nitrogens is 2. The topological polar surface area (TPSA) is 50.3 Å². The highest BCUT2D eigenvalue weighted by Crippen LogP contribution is 2.37. The molecule has 0 radical (unpaired) electrons. The zero-order valence-corrected chi connectivity index (χ0v) is 14.6. The van der Waals surface area contributed by atoms with Crippen molar-refractivity contribution < 1.29 is 4.74 Å². The van der Waals surface area contributed by atoms with E-state index in [1.54, 1.807) is 7.11 Å². The number of para-hydroxylation sites is 1. The van der Waals surface area contributed by atoms with Gasteiger partial charge in [0.2, 0.25) is 5.95 Å². The Bertz CT molecular complexity index is 909. The van der Waals surface area contributed by atoms with Gasteiger partial charge in [-0.15, -0.1) is 0 Å². The minimum Gasteiger partial charge on any atom is -0.497 e. The van der Waals surface area contributed by atoms with Gasteiger partial charge in [-0.2, -0.15) is 4.98 Å². The van der Waals surface area contributed by atoms with Gasteiger partial charge in [0.05, 0.1) is 12.6 Å². The maximum Gasteiger partial charge on any atom is 0.225 e. The van der Waals surface area contributed by atoms with Crippen molar-refractivity contribution in [2.75, 3.05) is 30.4 Å². The number of hydrogen-bond donors (Lipinski definition) is 1. The van der Waals surface area contributed by atoms with Crippen molar-refractivity contribution in [3.63, 3.8) is 0 Å². The molecule has 4 rings (SSSR count). The summed E-state index contributed by atoms with van der Waals surface area (Å²) >= 11 is 0. The zero-order chi connectivity index (χ0) is 17.2. The molecular weight excluding hydrogens is 312 g/mol. The lowest BCUT2D eigenvalue weighted by Gasteiger charge is -2.31. The van der Waals surface area contributed by atoms with E-state index in [-0.39, 0.29) is 0 Å². The maximum absolute atomic E-state index is 5.39. The van der Waals surface area contributed by atoms with E-state index in [1.807, 2.05) is 24.3 Å². The molecule has 0 saturated carbocycles. The van der Waals surface area contributed by atoms with E-state index in [4.69, 9.17) is 9.72 Å². The molecule has 3 aromatic rings. The van der Waals surface area contributed by atoms with Crippen LogP contribution in [0, 0.1) is 0 Å². The SMILES string of the molecule is CCNc1nc(N2CCCc3cc(OC)ccc32)c2ccccc2n1. The molecule has 128 valence electrons. The molecule has 1 aliphatic rings. The number of anilines is 3. The van der Waals surface area contributed by atoms with Gasteiger partial charge in [-0.05, 0) is 55.7 Å². The first-order valence-electron chi connectivity index (χ1n) is 8.75. The summed E-state index contributed by atoms with van der Waals surface area (Å²) in [4.78, 5) is 11.8. The van der Waals surface area contributed by atoms with Crippen molar-refractivity contribution in [1.82, 2.24) is 9.97 Å². The first kappa shape index (κ1) is 15.7. The lowest BCUT2D eigenvalue weighted by atomic mass is 10.0. The monoisotopic (exact) mass is 334 g/mol. The fourth-order valence-corrected chi connectivity index (χ4v) is 3.42. The van der Waals surface area contributed by atoms with Crippen LogP contribution in [0.25, 0.3) is 10.9 Å². The number of nitrogens with one attached hydrogen (secondary N) is 1. The van der Waals surface area contributed by atoms with Crippen LogP contribution in [-0.2, 0) is 6.42 Å². The molecule has 5 heteroatoms. The summed E-state index contributed by atoms with van der Waals surface area (Å²) in [6, 6.07) is 14.5. The van der Waals surface area contributed by atoms with Crippen molar-refractivity contribution in [2.45, 2.75) is 19.8 Å². The van der Waals surface area contributed by atoms with E-state index in [9.17, 15) is 0 Å². The van der Waals surface area contributed by atoms with Crippen LogP contribution in [0.4, 0.5) is 17.5 Å². The zero-order valence-electron chi connectivity index (χ0n) is 14.6. The average Bonchev–Trinajstić information content (AvgIpc) is 2.66. The highest BCUT2D eigenvalue weighted by molar-refractivity contribution is 5.93. The predicted octanol–water partition coefficient (Wildman–Crippen LogP) is 4.15. The highest BCUT2D eigenvalue weighted by Gasteiger charge is 2.22. The summed E-state index contributed by atoms with van der Waals surface area (Å²) in [6.45, 7) is 3.80. The van der Waals surface area contributed by atoms with Gasteiger partial charge in [0.1, 0.15) is 11.6 Å². The quantitative estimate of drug-likeness (QED) is 0.776. The highest BCUT2D eigenvalue weighted by atomic mass is 16.5. The second-order valence-corrected chi connectivity index (χ2v) is 6.17. The minimum atomic E-state index is 0.678. The minimum absolute atomic E-state index is 0.678. The molecule has 0 unspecified atom stereocenters. The standard InChI is InChI=1S/C20H22N4O/c1-3-21-20-22-17-9-5-4-8-16(17)19(23-20)24-12-6-7-14-13-15(25-2)10-11-18(14)24/h4-5,8-11,13H,3,6-7,12H2,1-2H3,(H,21,22,23). The molecule has 2 heterocycles. The van der Waals surface area contributed by atoms with E-state index >= 15 is 0 Å². The van der Waals surface area contributed by atoms with Gasteiger partial charge in [-0.3, -0.25) is 0 Å². The molecule has 25 heavy (non-hydrogen) atoms. The van der Waals surface area contributed by atoms with Crippen molar-refractivity contribution in [3.05, 3.63) is 48.0 Å². The lowest BCUT2D eigenvalue weighted by Crippen LogP contribution is -2.26. The summed E-state index contributed by atoms with van der Waals surface area (Å²) in [6.07, 6.45) is 2.15. The van der Waals surface area contributed by atoms with Crippen molar-refractivity contribution >= 4 is 28.4 Å². The predicted molar refractivity (Wildman–Crippen MR) is 102 cm³/mol. The molecule has 0 bridgehead atoms. The second kappa shape index (κ2) is 6.59. The maximum atomic E-state index is 5.39. The molecule has 1 aliphatic heterocycles. The van der Waals surface area contributed by atoms with Crippen molar-refractivity contribution in [3.8, 4) is 5.75 Å². The molecule has 0 atom stereocenters. The average molecular weight is 334 g/mol. The van der Waals surface area contributed by atoms with Gasteiger partial charge >= 0.3 is 0 Å². The van der Waals surface area contributed by atoms with Gasteiger partial charge < -0.3 is 15.0 Å². The summed E-state index contributed by atoms with van der Waals surface area (Å²) in [7, 11) is 1.71. The van der Waals surface area contributed by atoms with Crippen LogP contribution < -0.4 is 15.0 Å². The first-order chi connectivity index (χ1) is 12.3. The molecular formula is C20H22N4O. The molecule has 0 amide bonds. The molecule has 0 saturated heterocycles. The van der Waals surface area contributed by atoms with Crippen LogP contribution in [0.5, 0.6) is 5.75 Å². The van der Waals surface area contributed by atoms with Gasteiger partial charge in [0, 0.05) is 24.2 Å². The third-order valence-electron chi connectivity index (χ3n) is 4.58. The van der Waals surface area contributed by atoms with Crippen LogP contribution in [0.3, 0.4) is 0 Å². The smallest absolute Gasteiger partial charge is 0.225 e. The summed E-state index contributed by atoms with van der Waals surface area (Å²) in [5.41, 5.74) is 3.47. The number of methoxy groups -OCH3 is 1. The fraction of sp³-hybridized carbons (Fsp3) is 0.300. The van der Waals surface area contributed by atoms with Crippen molar-refractivity contribution in [1.29, 1.82) is 0 Å². The van der Waals surface area contributed by atoms with E-state index in [0.717, 1.165) is 48.4 Å². The summed E-state index contributed by atoms with van der Waals surface area (Å²) in [5, 5.41) is 4.33. The Kier molecular flexibility index (Phi) is 4.14. The second-order valence-electron chi connectivity index (χ2n) is 6.17. The number of fused-ring (bicyclic) bond motifs is 2. The Morgan fingerprint density at radius 3 is 2.88 bits per heavy atom. The van der Waals surface area contributed by atoms with Crippen LogP contribution in [-0.4, -0.2) is 30.2 Å². The number of rotatable bonds is 4. The van der Waals surface area contributed by atoms with Gasteiger partial charge in [-0.1, -0.05) is 12.1 Å². The first-order valence-corrected chi connectivity index (χ1v) is 8.75. The van der Waals surface area contributed by atoms with Crippen LogP contribution >= 0.6 is 0 Å². The Labute approximate surface area is 147 Å². The van der Waals surface area contributed by atoms with E-state index < -0.39 is 0 Å². The Balaban J connectivity index is 1.88. The van der Waals surface area contributed by atoms with Crippen LogP contribution in [0.2, 0.25) is 0 Å². The van der Waals surface area contributed by atoms with Crippen LogP contribution in [0.1, 0.15) is 18.9 Å². The third-order valence-corrected chi connectivity index (χ3v) is 4.58. The van der Waals surface area contributed by atoms with Gasteiger partial charge in [-0.25, -0.2) is 4.98 Å². The molecule has 2 aromatic carbocycles. The third kappa shape index (κ3) is 2.86. The van der Waals surface area contributed by atoms with E-state index in [2.05, 4.69) is 40.3 Å². The Morgan fingerprint density at radius 2 is 2.04 bits per heavy atom. The summed E-state index contributed by atoms with van der Waals surface area (Å²) < 4.78 is 5.39. The largest absolute Gasteiger partial charge is 0.497 e.